The molecule has 14 heavy (non-hydrogen) atoms. The zero-order chi connectivity index (χ0) is 10.9. The number of rotatable bonds is 1. The van der Waals surface area contributed by atoms with E-state index in [4.69, 9.17) is 0 Å². The van der Waals surface area contributed by atoms with E-state index in [0.29, 0.717) is 11.1 Å². The number of aryl methyl sites for hydroxylation is 2. The Hall–Kier alpha value is -1.19. The minimum absolute atomic E-state index is 0.0856. The maximum Gasteiger partial charge on any atom is 0.573 e. The van der Waals surface area contributed by atoms with Crippen LogP contribution in [-0.2, 0) is 0 Å². The minimum atomic E-state index is -4.62. The molecule has 0 saturated heterocycles. The normalized spacial score (nSPS) is 11.6. The van der Waals surface area contributed by atoms with Gasteiger partial charge in [0.15, 0.2) is 0 Å². The zero-order valence-corrected chi connectivity index (χ0v) is 8.20. The third-order valence-electron chi connectivity index (χ3n) is 2.09. The molecule has 1 aromatic rings. The molecule has 0 fully saturated rings. The Bertz CT molecular complexity index is 342. The van der Waals surface area contributed by atoms with Gasteiger partial charge in [-0.3, -0.25) is 0 Å². The number of alkyl halides is 3. The van der Waals surface area contributed by atoms with Crippen molar-refractivity contribution < 1.29 is 17.9 Å². The Morgan fingerprint density at radius 1 is 1.00 bits per heavy atom. The first-order valence-corrected chi connectivity index (χ1v) is 4.14. The van der Waals surface area contributed by atoms with Crippen LogP contribution in [0.3, 0.4) is 0 Å². The van der Waals surface area contributed by atoms with Crippen LogP contribution in [0.2, 0.25) is 0 Å². The molecule has 0 N–H and O–H groups in total. The van der Waals surface area contributed by atoms with E-state index in [1.807, 2.05) is 0 Å². The van der Waals surface area contributed by atoms with Crippen molar-refractivity contribution in [2.24, 2.45) is 0 Å². The number of hydrogen-bond acceptors (Lipinski definition) is 1. The van der Waals surface area contributed by atoms with Gasteiger partial charge in [0.2, 0.25) is 0 Å². The first-order valence-electron chi connectivity index (χ1n) is 4.14. The van der Waals surface area contributed by atoms with Gasteiger partial charge < -0.3 is 4.74 Å². The molecule has 0 spiro atoms. The second-order valence-electron chi connectivity index (χ2n) is 3.20. The van der Waals surface area contributed by atoms with Crippen LogP contribution in [0.5, 0.6) is 5.75 Å². The van der Waals surface area contributed by atoms with Crippen LogP contribution in [0.1, 0.15) is 16.7 Å². The molecule has 0 heterocycles. The van der Waals surface area contributed by atoms with E-state index in [1.54, 1.807) is 32.9 Å². The summed E-state index contributed by atoms with van der Waals surface area (Å²) >= 11 is 0. The predicted octanol–water partition coefficient (Wildman–Crippen LogP) is 3.51. The lowest BCUT2D eigenvalue weighted by atomic mass is 10.1. The molecule has 78 valence electrons. The average Bonchev–Trinajstić information content (AvgIpc) is 2.04. The molecule has 1 aromatic carbocycles. The van der Waals surface area contributed by atoms with Gasteiger partial charge in [0, 0.05) is 0 Å². The van der Waals surface area contributed by atoms with Crippen LogP contribution in [0, 0.1) is 20.8 Å². The lowest BCUT2D eigenvalue weighted by Gasteiger charge is -2.15. The number of ether oxygens (including phenoxy) is 1. The highest BCUT2D eigenvalue weighted by Crippen LogP contribution is 2.30. The molecule has 0 aliphatic carbocycles. The van der Waals surface area contributed by atoms with Crippen molar-refractivity contribution in [2.45, 2.75) is 27.1 Å². The third kappa shape index (κ3) is 2.40. The summed E-state index contributed by atoms with van der Waals surface area (Å²) in [5.41, 5.74) is 1.81. The molecule has 0 atom stereocenters. The Morgan fingerprint density at radius 3 is 2.00 bits per heavy atom. The Morgan fingerprint density at radius 2 is 1.50 bits per heavy atom. The first-order chi connectivity index (χ1) is 6.31. The van der Waals surface area contributed by atoms with Crippen LogP contribution < -0.4 is 4.74 Å². The van der Waals surface area contributed by atoms with Crippen LogP contribution in [0.4, 0.5) is 13.2 Å². The van der Waals surface area contributed by atoms with Crippen molar-refractivity contribution in [3.63, 3.8) is 0 Å². The van der Waals surface area contributed by atoms with E-state index in [1.165, 1.54) is 0 Å². The quantitative estimate of drug-likeness (QED) is 0.680. The molecular weight excluding hydrogens is 193 g/mol. The number of benzene rings is 1. The smallest absolute Gasteiger partial charge is 0.405 e. The van der Waals surface area contributed by atoms with E-state index in [-0.39, 0.29) is 5.75 Å². The van der Waals surface area contributed by atoms with Gasteiger partial charge in [-0.05, 0) is 37.5 Å². The van der Waals surface area contributed by atoms with Crippen molar-refractivity contribution in [1.29, 1.82) is 0 Å². The second-order valence-corrected chi connectivity index (χ2v) is 3.20. The van der Waals surface area contributed by atoms with Crippen molar-refractivity contribution in [2.75, 3.05) is 0 Å². The van der Waals surface area contributed by atoms with Gasteiger partial charge in [-0.25, -0.2) is 0 Å². The molecule has 0 amide bonds. The monoisotopic (exact) mass is 204 g/mol. The summed E-state index contributed by atoms with van der Waals surface area (Å²) in [5.74, 6) is -0.0856. The van der Waals surface area contributed by atoms with Crippen molar-refractivity contribution in [3.8, 4) is 5.75 Å². The van der Waals surface area contributed by atoms with Crippen molar-refractivity contribution >= 4 is 0 Å². The molecule has 0 unspecified atom stereocenters. The molecule has 1 rings (SSSR count). The molecule has 0 saturated carbocycles. The molecule has 0 aromatic heterocycles. The minimum Gasteiger partial charge on any atom is -0.405 e. The molecule has 4 heteroatoms. The largest absolute Gasteiger partial charge is 0.573 e. The Kier molecular flexibility index (Phi) is 2.73. The maximum atomic E-state index is 12.0. The SMILES string of the molecule is Cc1ccc(C)c(OC(F)(F)F)c1C. The summed E-state index contributed by atoms with van der Waals surface area (Å²) < 4.78 is 40.0. The summed E-state index contributed by atoms with van der Waals surface area (Å²) in [6, 6.07) is 3.39. The second kappa shape index (κ2) is 3.52. The van der Waals surface area contributed by atoms with E-state index < -0.39 is 6.36 Å². The summed E-state index contributed by atoms with van der Waals surface area (Å²) in [7, 11) is 0. The summed E-state index contributed by atoms with van der Waals surface area (Å²) in [4.78, 5) is 0. The summed E-state index contributed by atoms with van der Waals surface area (Å²) in [6.45, 7) is 4.95. The number of hydrogen-bond donors (Lipinski definition) is 0. The number of halogens is 3. The van der Waals surface area contributed by atoms with Gasteiger partial charge in [0.05, 0.1) is 0 Å². The van der Waals surface area contributed by atoms with E-state index >= 15 is 0 Å². The fraction of sp³-hybridized carbons (Fsp3) is 0.400. The van der Waals surface area contributed by atoms with Gasteiger partial charge >= 0.3 is 6.36 Å². The molecule has 0 aliphatic rings. The highest BCUT2D eigenvalue weighted by Gasteiger charge is 2.32. The average molecular weight is 204 g/mol. The predicted molar refractivity (Wildman–Crippen MR) is 47.3 cm³/mol. The highest BCUT2D eigenvalue weighted by molar-refractivity contribution is 5.44. The lowest BCUT2D eigenvalue weighted by Crippen LogP contribution is -2.18. The Labute approximate surface area is 80.5 Å². The molecule has 0 radical (unpaired) electrons. The van der Waals surface area contributed by atoms with Gasteiger partial charge in [-0.2, -0.15) is 0 Å². The molecule has 0 bridgehead atoms. The fourth-order valence-electron chi connectivity index (χ4n) is 1.20. The molecule has 1 nitrogen and oxygen atoms in total. The third-order valence-corrected chi connectivity index (χ3v) is 2.09. The molecule has 0 aliphatic heterocycles. The highest BCUT2D eigenvalue weighted by atomic mass is 19.4. The van der Waals surface area contributed by atoms with Crippen LogP contribution >= 0.6 is 0 Å². The first kappa shape index (κ1) is 10.9. The molecular formula is C10H11F3O. The van der Waals surface area contributed by atoms with Crippen molar-refractivity contribution in [1.82, 2.24) is 0 Å². The van der Waals surface area contributed by atoms with E-state index in [0.717, 1.165) is 5.56 Å². The summed E-state index contributed by atoms with van der Waals surface area (Å²) in [5, 5.41) is 0. The van der Waals surface area contributed by atoms with Gasteiger partial charge in [0.25, 0.3) is 0 Å². The van der Waals surface area contributed by atoms with Gasteiger partial charge in [-0.15, -0.1) is 13.2 Å². The van der Waals surface area contributed by atoms with Crippen molar-refractivity contribution in [3.05, 3.63) is 28.8 Å². The van der Waals surface area contributed by atoms with Crippen LogP contribution in [-0.4, -0.2) is 6.36 Å². The van der Waals surface area contributed by atoms with E-state index in [2.05, 4.69) is 4.74 Å². The van der Waals surface area contributed by atoms with Gasteiger partial charge in [-0.1, -0.05) is 12.1 Å². The standard InChI is InChI=1S/C10H11F3O/c1-6-4-5-7(2)9(8(6)3)14-10(11,12)13/h4-5H,1-3H3. The van der Waals surface area contributed by atoms with E-state index in [9.17, 15) is 13.2 Å². The Balaban J connectivity index is 3.13. The maximum absolute atomic E-state index is 12.0. The fourth-order valence-corrected chi connectivity index (χ4v) is 1.20. The van der Waals surface area contributed by atoms with Gasteiger partial charge in [0.1, 0.15) is 5.75 Å². The lowest BCUT2D eigenvalue weighted by molar-refractivity contribution is -0.275. The topological polar surface area (TPSA) is 9.23 Å². The van der Waals surface area contributed by atoms with Crippen LogP contribution in [0.15, 0.2) is 12.1 Å². The summed E-state index contributed by atoms with van der Waals surface area (Å²) in [6.07, 6.45) is -4.62. The zero-order valence-electron chi connectivity index (χ0n) is 8.20. The van der Waals surface area contributed by atoms with Crippen LogP contribution in [0.25, 0.3) is 0 Å².